The highest BCUT2D eigenvalue weighted by Gasteiger charge is 2.36. The van der Waals surface area contributed by atoms with Gasteiger partial charge in [0.25, 0.3) is 0 Å². The minimum atomic E-state index is -4.59. The monoisotopic (exact) mass is 492 g/mol. The van der Waals surface area contributed by atoms with Crippen LogP contribution in [0.3, 0.4) is 0 Å². The summed E-state index contributed by atoms with van der Waals surface area (Å²) in [5.74, 6) is 0.350. The zero-order valence-corrected chi connectivity index (χ0v) is 19.2. The van der Waals surface area contributed by atoms with Gasteiger partial charge in [-0.3, -0.25) is 9.50 Å². The van der Waals surface area contributed by atoms with Crippen LogP contribution in [0.1, 0.15) is 17.7 Å². The van der Waals surface area contributed by atoms with Crippen molar-refractivity contribution < 1.29 is 17.4 Å². The number of nitrogens with two attached hydrogens (primary N) is 1. The third-order valence-electron chi connectivity index (χ3n) is 5.17. The Labute approximate surface area is 193 Å². The van der Waals surface area contributed by atoms with E-state index >= 15 is 0 Å². The van der Waals surface area contributed by atoms with Crippen molar-refractivity contribution >= 4 is 26.9 Å². The topological polar surface area (TPSA) is 126 Å². The lowest BCUT2D eigenvalue weighted by atomic mass is 10.2. The van der Waals surface area contributed by atoms with Gasteiger partial charge in [0.15, 0.2) is 11.5 Å². The van der Waals surface area contributed by atoms with Gasteiger partial charge in [0, 0.05) is 30.9 Å². The van der Waals surface area contributed by atoms with E-state index in [-0.39, 0.29) is 11.3 Å². The van der Waals surface area contributed by atoms with Gasteiger partial charge in [-0.2, -0.15) is 18.3 Å². The quantitative estimate of drug-likeness (QED) is 0.335. The van der Waals surface area contributed by atoms with Gasteiger partial charge in [-0.05, 0) is 43.7 Å². The summed E-state index contributed by atoms with van der Waals surface area (Å²) in [5.41, 5.74) is 6.41. The van der Waals surface area contributed by atoms with Gasteiger partial charge in [-0.1, -0.05) is 0 Å². The van der Waals surface area contributed by atoms with Gasteiger partial charge in [-0.25, -0.2) is 18.5 Å². The number of hydrogen-bond donors (Lipinski definition) is 3. The Hall–Kier alpha value is -3.45. The molecule has 0 amide bonds. The first kappa shape index (κ1) is 23.7. The number of anilines is 2. The number of imidazole rings is 1. The number of alkyl halides is 3. The normalized spacial score (nSPS) is 13.7. The molecule has 1 unspecified atom stereocenters. The molecule has 0 aliphatic carbocycles. The number of hydrogen-bond acceptors (Lipinski definition) is 7. The Morgan fingerprint density at radius 3 is 2.76 bits per heavy atom. The number of nitrogens with zero attached hydrogens (tertiary/aromatic N) is 5. The van der Waals surface area contributed by atoms with Crippen molar-refractivity contribution in [2.45, 2.75) is 24.4 Å². The fraction of sp³-hybridized carbons (Fsp3) is 0.286. The lowest BCUT2D eigenvalue weighted by Crippen LogP contribution is -2.08. The molecule has 0 bridgehead atoms. The molecule has 3 heterocycles. The average molecular weight is 493 g/mol. The molecule has 4 N–H and O–H groups in total. The van der Waals surface area contributed by atoms with Gasteiger partial charge in [0.05, 0.1) is 38.3 Å². The smallest absolute Gasteiger partial charge is 0.337 e. The van der Waals surface area contributed by atoms with E-state index in [1.54, 1.807) is 18.4 Å². The van der Waals surface area contributed by atoms with E-state index in [0.717, 1.165) is 11.8 Å². The predicted octanol–water partition coefficient (Wildman–Crippen LogP) is 4.00. The highest BCUT2D eigenvalue weighted by molar-refractivity contribution is 7.93. The van der Waals surface area contributed by atoms with E-state index in [1.807, 2.05) is 18.1 Å². The Balaban J connectivity index is 1.67. The second-order valence-electron chi connectivity index (χ2n) is 7.67. The van der Waals surface area contributed by atoms with Crippen molar-refractivity contribution in [3.63, 3.8) is 0 Å². The number of rotatable bonds is 7. The summed E-state index contributed by atoms with van der Waals surface area (Å²) in [4.78, 5) is 9.19. The SMILES string of the molecule is Cc1cc(Nc2nccn3c(-c4cn[nH]c4C(F)(F)F)cnc23)ccc1S(C)(=O)=NCCCN. The Kier molecular flexibility index (Phi) is 6.32. The molecule has 0 saturated carbocycles. The van der Waals surface area contributed by atoms with Crippen molar-refractivity contribution in [3.8, 4) is 11.3 Å². The zero-order chi connectivity index (χ0) is 24.5. The second kappa shape index (κ2) is 9.06. The molecule has 0 saturated heterocycles. The molecule has 4 rings (SSSR count). The van der Waals surface area contributed by atoms with E-state index in [4.69, 9.17) is 5.73 Å². The maximum absolute atomic E-state index is 13.3. The molecule has 3 aromatic heterocycles. The van der Waals surface area contributed by atoms with Crippen LogP contribution < -0.4 is 11.1 Å². The number of fused-ring (bicyclic) bond motifs is 1. The van der Waals surface area contributed by atoms with Crippen LogP contribution >= 0.6 is 0 Å². The molecule has 0 aliphatic rings. The summed E-state index contributed by atoms with van der Waals surface area (Å²) in [6.45, 7) is 2.74. The summed E-state index contributed by atoms with van der Waals surface area (Å²) in [5, 5.41) is 8.70. The molecular formula is C21H23F3N8OS. The average Bonchev–Trinajstić information content (AvgIpc) is 3.41. The molecule has 0 aliphatic heterocycles. The standard InChI is InChI=1S/C21H23F3N8OS/c1-13-10-14(4-5-17(13)34(2,33)29-7-3-6-25)30-19-20-27-12-16(32(20)9-8-26-19)15-11-28-31-18(15)21(22,23)24/h4-5,8-12H,3,6-7,25H2,1-2H3,(H,26,30)(H,28,31). The molecule has 13 heteroatoms. The molecular weight excluding hydrogens is 469 g/mol. The molecule has 34 heavy (non-hydrogen) atoms. The van der Waals surface area contributed by atoms with Crippen LogP contribution in [-0.4, -0.2) is 48.1 Å². The van der Waals surface area contributed by atoms with E-state index in [9.17, 15) is 17.4 Å². The van der Waals surface area contributed by atoms with E-state index in [1.165, 1.54) is 23.0 Å². The van der Waals surface area contributed by atoms with Gasteiger partial charge in [-0.15, -0.1) is 0 Å². The van der Waals surface area contributed by atoms with E-state index < -0.39 is 21.6 Å². The molecule has 0 fully saturated rings. The van der Waals surface area contributed by atoms with Gasteiger partial charge in [0.1, 0.15) is 5.69 Å². The number of aromatic amines is 1. The van der Waals surface area contributed by atoms with E-state index in [2.05, 4.69) is 24.7 Å². The van der Waals surface area contributed by atoms with Crippen LogP contribution in [-0.2, 0) is 15.9 Å². The fourth-order valence-electron chi connectivity index (χ4n) is 3.59. The highest BCUT2D eigenvalue weighted by Crippen LogP contribution is 2.36. The summed E-state index contributed by atoms with van der Waals surface area (Å²) < 4.78 is 58.8. The minimum absolute atomic E-state index is 0.117. The summed E-state index contributed by atoms with van der Waals surface area (Å²) in [6, 6.07) is 5.30. The van der Waals surface area contributed by atoms with Crippen LogP contribution in [0.15, 0.2) is 52.2 Å². The molecule has 1 atom stereocenters. The number of benzene rings is 1. The number of aryl methyl sites for hydroxylation is 1. The largest absolute Gasteiger partial charge is 0.433 e. The molecule has 4 aromatic rings. The number of H-pyrrole nitrogens is 1. The molecule has 1 aromatic carbocycles. The Morgan fingerprint density at radius 2 is 2.06 bits per heavy atom. The summed E-state index contributed by atoms with van der Waals surface area (Å²) in [7, 11) is -2.57. The lowest BCUT2D eigenvalue weighted by molar-refractivity contribution is -0.140. The van der Waals surface area contributed by atoms with Crippen molar-refractivity contribution in [2.75, 3.05) is 24.7 Å². The van der Waals surface area contributed by atoms with Crippen molar-refractivity contribution in [1.82, 2.24) is 24.6 Å². The fourth-order valence-corrected chi connectivity index (χ4v) is 5.18. The maximum atomic E-state index is 13.3. The molecule has 0 spiro atoms. The lowest BCUT2D eigenvalue weighted by Gasteiger charge is -2.12. The maximum Gasteiger partial charge on any atom is 0.433 e. The van der Waals surface area contributed by atoms with Crippen molar-refractivity contribution in [3.05, 3.63) is 54.2 Å². The first-order chi connectivity index (χ1) is 16.1. The van der Waals surface area contributed by atoms with Gasteiger partial charge < -0.3 is 11.1 Å². The molecule has 9 nitrogen and oxygen atoms in total. The third kappa shape index (κ3) is 4.61. The molecule has 180 valence electrons. The Bertz CT molecular complexity index is 1450. The van der Waals surface area contributed by atoms with E-state index in [0.29, 0.717) is 41.6 Å². The van der Waals surface area contributed by atoms with Gasteiger partial charge >= 0.3 is 6.18 Å². The van der Waals surface area contributed by atoms with Crippen LogP contribution in [0.25, 0.3) is 16.9 Å². The zero-order valence-electron chi connectivity index (χ0n) is 18.4. The van der Waals surface area contributed by atoms with Gasteiger partial charge in [0.2, 0.25) is 0 Å². The third-order valence-corrected chi connectivity index (χ3v) is 7.12. The summed E-state index contributed by atoms with van der Waals surface area (Å²) in [6.07, 6.45) is 3.11. The molecule has 0 radical (unpaired) electrons. The highest BCUT2D eigenvalue weighted by atomic mass is 32.2. The predicted molar refractivity (Wildman–Crippen MR) is 123 cm³/mol. The minimum Gasteiger partial charge on any atom is -0.337 e. The number of halogens is 3. The summed E-state index contributed by atoms with van der Waals surface area (Å²) >= 11 is 0. The first-order valence-corrected chi connectivity index (χ1v) is 12.2. The number of nitrogens with one attached hydrogen (secondary N) is 2. The Morgan fingerprint density at radius 1 is 1.26 bits per heavy atom. The van der Waals surface area contributed by atoms with Crippen LogP contribution in [0.2, 0.25) is 0 Å². The van der Waals surface area contributed by atoms with Crippen LogP contribution in [0, 0.1) is 6.92 Å². The van der Waals surface area contributed by atoms with Crippen molar-refractivity contribution in [1.29, 1.82) is 0 Å². The van der Waals surface area contributed by atoms with Crippen LogP contribution in [0.4, 0.5) is 24.7 Å². The second-order valence-corrected chi connectivity index (χ2v) is 9.98. The first-order valence-electron chi connectivity index (χ1n) is 10.3. The van der Waals surface area contributed by atoms with Crippen LogP contribution in [0.5, 0.6) is 0 Å². The van der Waals surface area contributed by atoms with Crippen molar-refractivity contribution in [2.24, 2.45) is 10.1 Å². The number of aromatic nitrogens is 5.